The Labute approximate surface area is 113 Å². The Morgan fingerprint density at radius 1 is 1.10 bits per heavy atom. The number of aromatic amines is 1. The van der Waals surface area contributed by atoms with E-state index in [1.807, 2.05) is 18.2 Å². The van der Waals surface area contributed by atoms with Crippen molar-refractivity contribution in [2.75, 3.05) is 7.11 Å². The van der Waals surface area contributed by atoms with Crippen LogP contribution < -0.4 is 5.76 Å². The van der Waals surface area contributed by atoms with Gasteiger partial charge >= 0.3 is 11.7 Å². The summed E-state index contributed by atoms with van der Waals surface area (Å²) in [4.78, 5) is 25.1. The van der Waals surface area contributed by atoms with E-state index in [9.17, 15) is 9.59 Å². The molecule has 0 amide bonds. The number of hydrogen-bond acceptors (Lipinski definition) is 4. The summed E-state index contributed by atoms with van der Waals surface area (Å²) in [6, 6.07) is 12.5. The van der Waals surface area contributed by atoms with Gasteiger partial charge in [-0.15, -0.1) is 0 Å². The summed E-state index contributed by atoms with van der Waals surface area (Å²) in [5, 5.41) is 0. The van der Waals surface area contributed by atoms with E-state index in [2.05, 4.69) is 9.72 Å². The van der Waals surface area contributed by atoms with E-state index < -0.39 is 5.76 Å². The molecule has 3 aromatic rings. The van der Waals surface area contributed by atoms with Gasteiger partial charge in [0.05, 0.1) is 18.2 Å². The van der Waals surface area contributed by atoms with Crippen LogP contribution in [0.15, 0.2) is 51.7 Å². The maximum absolute atomic E-state index is 11.4. The normalized spacial score (nSPS) is 10.7. The molecule has 0 bridgehead atoms. The molecule has 0 saturated carbocycles. The Morgan fingerprint density at radius 2 is 1.80 bits per heavy atom. The van der Waals surface area contributed by atoms with Crippen LogP contribution in [-0.2, 0) is 4.74 Å². The fourth-order valence-electron chi connectivity index (χ4n) is 2.04. The number of carbonyl (C=O) groups is 1. The number of ether oxygens (including phenoxy) is 1. The number of hydrogen-bond donors (Lipinski definition) is 1. The molecule has 100 valence electrons. The van der Waals surface area contributed by atoms with Crippen LogP contribution in [0.4, 0.5) is 0 Å². The highest BCUT2D eigenvalue weighted by Gasteiger charge is 2.07. The SMILES string of the molecule is COC(=O)c1ccc(-c2ccc3[nH]c(=O)oc3c2)cc1. The molecule has 0 aliphatic carbocycles. The second-order valence-electron chi connectivity index (χ2n) is 4.29. The third-order valence-corrected chi connectivity index (χ3v) is 3.06. The number of benzene rings is 2. The first-order valence-electron chi connectivity index (χ1n) is 5.99. The summed E-state index contributed by atoms with van der Waals surface area (Å²) >= 11 is 0. The largest absolute Gasteiger partial charge is 0.465 e. The summed E-state index contributed by atoms with van der Waals surface area (Å²) in [7, 11) is 1.35. The molecule has 0 fully saturated rings. The van der Waals surface area contributed by atoms with Gasteiger partial charge in [-0.25, -0.2) is 9.59 Å². The van der Waals surface area contributed by atoms with Gasteiger partial charge < -0.3 is 9.15 Å². The van der Waals surface area contributed by atoms with Crippen LogP contribution in [0.5, 0.6) is 0 Å². The van der Waals surface area contributed by atoms with Gasteiger partial charge in [0.1, 0.15) is 0 Å². The second kappa shape index (κ2) is 4.70. The zero-order chi connectivity index (χ0) is 14.1. The number of esters is 1. The van der Waals surface area contributed by atoms with Gasteiger partial charge in [-0.05, 0) is 35.4 Å². The lowest BCUT2D eigenvalue weighted by molar-refractivity contribution is 0.0601. The monoisotopic (exact) mass is 269 g/mol. The Morgan fingerprint density at radius 3 is 2.50 bits per heavy atom. The van der Waals surface area contributed by atoms with E-state index >= 15 is 0 Å². The molecule has 0 aliphatic heterocycles. The lowest BCUT2D eigenvalue weighted by Crippen LogP contribution is -2.00. The van der Waals surface area contributed by atoms with E-state index in [1.165, 1.54) is 7.11 Å². The summed E-state index contributed by atoms with van der Waals surface area (Å²) in [6.07, 6.45) is 0. The average molecular weight is 269 g/mol. The summed E-state index contributed by atoms with van der Waals surface area (Å²) in [5.74, 6) is -0.846. The van der Waals surface area contributed by atoms with Crippen molar-refractivity contribution < 1.29 is 13.9 Å². The lowest BCUT2D eigenvalue weighted by Gasteiger charge is -2.03. The van der Waals surface area contributed by atoms with Gasteiger partial charge in [-0.1, -0.05) is 18.2 Å². The van der Waals surface area contributed by atoms with E-state index in [0.29, 0.717) is 16.7 Å². The first-order valence-corrected chi connectivity index (χ1v) is 5.99. The van der Waals surface area contributed by atoms with Gasteiger partial charge in [-0.2, -0.15) is 0 Å². The Kier molecular flexibility index (Phi) is 2.87. The molecule has 0 saturated heterocycles. The highest BCUT2D eigenvalue weighted by Crippen LogP contribution is 2.23. The number of rotatable bonds is 2. The molecular weight excluding hydrogens is 258 g/mol. The van der Waals surface area contributed by atoms with Crippen molar-refractivity contribution >= 4 is 17.1 Å². The van der Waals surface area contributed by atoms with E-state index in [1.54, 1.807) is 24.3 Å². The highest BCUT2D eigenvalue weighted by molar-refractivity contribution is 5.90. The van der Waals surface area contributed by atoms with Crippen molar-refractivity contribution in [1.29, 1.82) is 0 Å². The van der Waals surface area contributed by atoms with Crippen LogP contribution in [0, 0.1) is 0 Å². The topological polar surface area (TPSA) is 72.3 Å². The third-order valence-electron chi connectivity index (χ3n) is 3.06. The predicted octanol–water partition coefficient (Wildman–Crippen LogP) is 2.57. The molecule has 5 heteroatoms. The van der Waals surface area contributed by atoms with Crippen LogP contribution >= 0.6 is 0 Å². The second-order valence-corrected chi connectivity index (χ2v) is 4.29. The standard InChI is InChI=1S/C15H11NO4/c1-19-14(17)10-4-2-9(3-5-10)11-6-7-12-13(8-11)20-15(18)16-12/h2-8H,1H3,(H,16,18). The molecule has 1 N–H and O–H groups in total. The molecule has 20 heavy (non-hydrogen) atoms. The Bertz CT molecular complexity index is 827. The van der Waals surface area contributed by atoms with Crippen LogP contribution in [0.25, 0.3) is 22.2 Å². The van der Waals surface area contributed by atoms with E-state index in [0.717, 1.165) is 11.1 Å². The molecule has 0 atom stereocenters. The Hall–Kier alpha value is -2.82. The van der Waals surface area contributed by atoms with Crippen molar-refractivity contribution in [1.82, 2.24) is 4.98 Å². The van der Waals surface area contributed by atoms with Gasteiger partial charge in [0.25, 0.3) is 0 Å². The van der Waals surface area contributed by atoms with Gasteiger partial charge in [-0.3, -0.25) is 4.98 Å². The first-order chi connectivity index (χ1) is 9.67. The predicted molar refractivity (Wildman–Crippen MR) is 73.6 cm³/mol. The molecular formula is C15H11NO4. The number of fused-ring (bicyclic) bond motifs is 1. The first kappa shape index (κ1) is 12.2. The minimum absolute atomic E-state index is 0.372. The zero-order valence-electron chi connectivity index (χ0n) is 10.7. The molecule has 0 unspecified atom stereocenters. The quantitative estimate of drug-likeness (QED) is 0.726. The smallest absolute Gasteiger partial charge is 0.417 e. The third kappa shape index (κ3) is 2.09. The summed E-state index contributed by atoms with van der Waals surface area (Å²) in [6.45, 7) is 0. The van der Waals surface area contributed by atoms with Crippen molar-refractivity contribution in [2.45, 2.75) is 0 Å². The number of carbonyl (C=O) groups excluding carboxylic acids is 1. The maximum atomic E-state index is 11.4. The van der Waals surface area contributed by atoms with Crippen LogP contribution in [-0.4, -0.2) is 18.1 Å². The van der Waals surface area contributed by atoms with Gasteiger partial charge in [0, 0.05) is 0 Å². The lowest BCUT2D eigenvalue weighted by atomic mass is 10.0. The van der Waals surface area contributed by atoms with Crippen LogP contribution in [0.1, 0.15) is 10.4 Å². The highest BCUT2D eigenvalue weighted by atomic mass is 16.5. The van der Waals surface area contributed by atoms with Crippen molar-refractivity contribution in [2.24, 2.45) is 0 Å². The maximum Gasteiger partial charge on any atom is 0.417 e. The van der Waals surface area contributed by atoms with E-state index in [4.69, 9.17) is 4.42 Å². The zero-order valence-corrected chi connectivity index (χ0v) is 10.7. The molecule has 3 rings (SSSR count). The fraction of sp³-hybridized carbons (Fsp3) is 0.0667. The number of oxazole rings is 1. The fourth-order valence-corrected chi connectivity index (χ4v) is 2.04. The van der Waals surface area contributed by atoms with Crippen molar-refractivity contribution in [3.63, 3.8) is 0 Å². The van der Waals surface area contributed by atoms with Crippen LogP contribution in [0.3, 0.4) is 0 Å². The number of aromatic nitrogens is 1. The summed E-state index contributed by atoms with van der Waals surface area (Å²) < 4.78 is 9.67. The number of nitrogens with one attached hydrogen (secondary N) is 1. The molecule has 5 nitrogen and oxygen atoms in total. The van der Waals surface area contributed by atoms with Crippen LogP contribution in [0.2, 0.25) is 0 Å². The molecule has 1 heterocycles. The van der Waals surface area contributed by atoms with Gasteiger partial charge in [0.15, 0.2) is 5.58 Å². The summed E-state index contributed by atoms with van der Waals surface area (Å²) in [5.41, 5.74) is 3.47. The molecule has 2 aromatic carbocycles. The van der Waals surface area contributed by atoms with Gasteiger partial charge in [0.2, 0.25) is 0 Å². The molecule has 1 aromatic heterocycles. The number of methoxy groups -OCH3 is 1. The van der Waals surface area contributed by atoms with Crippen molar-refractivity contribution in [3.8, 4) is 11.1 Å². The average Bonchev–Trinajstić information content (AvgIpc) is 2.85. The molecule has 0 aliphatic rings. The van der Waals surface area contributed by atoms with E-state index in [-0.39, 0.29) is 5.97 Å². The Balaban J connectivity index is 2.01. The minimum Gasteiger partial charge on any atom is -0.465 e. The molecule has 0 spiro atoms. The number of H-pyrrole nitrogens is 1. The van der Waals surface area contributed by atoms with Crippen molar-refractivity contribution in [3.05, 3.63) is 58.6 Å². The molecule has 0 radical (unpaired) electrons. The minimum atomic E-state index is -0.474.